The van der Waals surface area contributed by atoms with E-state index in [4.69, 9.17) is 4.98 Å². The molecule has 0 bridgehead atoms. The molecule has 0 amide bonds. The van der Waals surface area contributed by atoms with E-state index < -0.39 is 0 Å². The number of ketones is 1. The van der Waals surface area contributed by atoms with Crippen LogP contribution in [0.15, 0.2) is 60.9 Å². The Morgan fingerprint density at radius 2 is 2.00 bits per heavy atom. The van der Waals surface area contributed by atoms with Crippen molar-refractivity contribution < 1.29 is 4.79 Å². The van der Waals surface area contributed by atoms with Gasteiger partial charge in [0.25, 0.3) is 0 Å². The number of nitrogens with one attached hydrogen (secondary N) is 3. The van der Waals surface area contributed by atoms with E-state index in [9.17, 15) is 4.79 Å². The predicted octanol–water partition coefficient (Wildman–Crippen LogP) is 5.43. The molecule has 0 fully saturated rings. The van der Waals surface area contributed by atoms with Gasteiger partial charge in [-0.1, -0.05) is 12.1 Å². The maximum Gasteiger partial charge on any atom is 0.169 e. The van der Waals surface area contributed by atoms with Crippen LogP contribution in [-0.4, -0.2) is 36.1 Å². The molecule has 6 rings (SSSR count). The second-order valence-electron chi connectivity index (χ2n) is 7.32. The zero-order chi connectivity index (χ0) is 20.9. The van der Waals surface area contributed by atoms with E-state index >= 15 is 0 Å². The van der Waals surface area contributed by atoms with Crippen LogP contribution < -0.4 is 0 Å². The van der Waals surface area contributed by atoms with Crippen LogP contribution in [0.2, 0.25) is 0 Å². The molecule has 0 saturated heterocycles. The smallest absolute Gasteiger partial charge is 0.169 e. The van der Waals surface area contributed by atoms with Crippen molar-refractivity contribution in [3.63, 3.8) is 0 Å². The van der Waals surface area contributed by atoms with E-state index in [-0.39, 0.29) is 5.78 Å². The van der Waals surface area contributed by atoms with Crippen molar-refractivity contribution in [3.8, 4) is 33.1 Å². The minimum Gasteiger partial charge on any atom is -0.353 e. The van der Waals surface area contributed by atoms with Crippen LogP contribution in [0.4, 0.5) is 0 Å². The number of hydrogen-bond acceptors (Lipinski definition) is 5. The van der Waals surface area contributed by atoms with E-state index in [1.807, 2.05) is 42.6 Å². The van der Waals surface area contributed by atoms with Crippen molar-refractivity contribution in [1.29, 1.82) is 0 Å². The number of carbonyl (C=O) groups is 1. The van der Waals surface area contributed by atoms with E-state index in [2.05, 4.69) is 37.5 Å². The summed E-state index contributed by atoms with van der Waals surface area (Å²) in [7, 11) is 0. The molecule has 6 aromatic rings. The van der Waals surface area contributed by atoms with Gasteiger partial charge >= 0.3 is 0 Å². The molecule has 0 atom stereocenters. The second-order valence-corrected chi connectivity index (χ2v) is 8.41. The third-order valence-electron chi connectivity index (χ3n) is 5.34. The van der Waals surface area contributed by atoms with Gasteiger partial charge in [-0.05, 0) is 43.3 Å². The molecule has 0 aliphatic heterocycles. The number of Topliss-reactive ketones (excluding diaryl/α,β-unsaturated/α-hetero) is 1. The summed E-state index contributed by atoms with van der Waals surface area (Å²) in [4.78, 5) is 21.9. The Morgan fingerprint density at radius 1 is 1.06 bits per heavy atom. The molecule has 0 radical (unpaired) electrons. The van der Waals surface area contributed by atoms with Crippen LogP contribution in [0, 0.1) is 0 Å². The van der Waals surface area contributed by atoms with Crippen molar-refractivity contribution >= 4 is 39.1 Å². The summed E-state index contributed by atoms with van der Waals surface area (Å²) in [5, 5.41) is 15.5. The number of aromatic amines is 3. The first-order valence-electron chi connectivity index (χ1n) is 9.75. The first-order valence-corrected chi connectivity index (χ1v) is 10.6. The van der Waals surface area contributed by atoms with Gasteiger partial charge in [0.1, 0.15) is 11.2 Å². The molecule has 150 valence electrons. The fraction of sp³-hybridized carbons (Fsp3) is 0.0435. The SMILES string of the molecule is CC(=O)c1ccc(-c2cccc3[nH]c(-c4n[nH]c5ccc(-c6cn[nH]c6)nc45)cc23)s1. The summed E-state index contributed by atoms with van der Waals surface area (Å²) in [6.45, 7) is 1.60. The van der Waals surface area contributed by atoms with Gasteiger partial charge in [-0.15, -0.1) is 11.3 Å². The number of nitrogens with zero attached hydrogens (tertiary/aromatic N) is 3. The van der Waals surface area contributed by atoms with E-state index in [0.29, 0.717) is 0 Å². The highest BCUT2D eigenvalue weighted by Gasteiger charge is 2.16. The van der Waals surface area contributed by atoms with E-state index in [0.717, 1.165) is 59.9 Å². The fourth-order valence-corrected chi connectivity index (χ4v) is 4.75. The maximum absolute atomic E-state index is 11.7. The monoisotopic (exact) mass is 424 g/mol. The average Bonchev–Trinajstić information content (AvgIpc) is 3.58. The lowest BCUT2D eigenvalue weighted by molar-refractivity contribution is 0.102. The van der Waals surface area contributed by atoms with Gasteiger partial charge in [0.2, 0.25) is 0 Å². The van der Waals surface area contributed by atoms with Gasteiger partial charge in [-0.3, -0.25) is 15.0 Å². The number of hydrogen-bond donors (Lipinski definition) is 3. The molecule has 5 aromatic heterocycles. The molecule has 0 aliphatic carbocycles. The number of rotatable bonds is 4. The zero-order valence-corrected chi connectivity index (χ0v) is 17.2. The zero-order valence-electron chi connectivity index (χ0n) is 16.4. The van der Waals surface area contributed by atoms with E-state index in [1.165, 1.54) is 11.3 Å². The third-order valence-corrected chi connectivity index (χ3v) is 6.56. The van der Waals surface area contributed by atoms with Crippen LogP contribution in [0.1, 0.15) is 16.6 Å². The molecule has 8 heteroatoms. The average molecular weight is 424 g/mol. The maximum atomic E-state index is 11.7. The van der Waals surface area contributed by atoms with Crippen LogP contribution in [-0.2, 0) is 0 Å². The van der Waals surface area contributed by atoms with Gasteiger partial charge < -0.3 is 4.98 Å². The standard InChI is InChI=1S/C23H16N6OS/c1-12(30)20-7-8-21(31-20)14-3-2-4-17-15(14)9-19(26-17)23-22-18(28-29-23)6-5-16(27-22)13-10-24-25-11-13/h2-11,26H,1H3,(H,24,25)(H,28,29). The van der Waals surface area contributed by atoms with Gasteiger partial charge in [-0.2, -0.15) is 10.2 Å². The lowest BCUT2D eigenvalue weighted by atomic mass is 10.1. The second kappa shape index (κ2) is 6.75. The molecule has 31 heavy (non-hydrogen) atoms. The lowest BCUT2D eigenvalue weighted by Gasteiger charge is -1.99. The van der Waals surface area contributed by atoms with Crippen molar-refractivity contribution in [2.24, 2.45) is 0 Å². The number of pyridine rings is 1. The number of fused-ring (bicyclic) bond motifs is 2. The largest absolute Gasteiger partial charge is 0.353 e. The number of H-pyrrole nitrogens is 3. The molecule has 3 N–H and O–H groups in total. The molecule has 0 spiro atoms. The predicted molar refractivity (Wildman–Crippen MR) is 122 cm³/mol. The highest BCUT2D eigenvalue weighted by Crippen LogP contribution is 2.37. The molecular formula is C23H16N6OS. The first kappa shape index (κ1) is 17.8. The molecule has 7 nitrogen and oxygen atoms in total. The minimum atomic E-state index is 0.0840. The highest BCUT2D eigenvalue weighted by molar-refractivity contribution is 7.17. The van der Waals surface area contributed by atoms with Gasteiger partial charge in [0, 0.05) is 33.1 Å². The van der Waals surface area contributed by atoms with Crippen molar-refractivity contribution in [2.45, 2.75) is 6.92 Å². The summed E-state index contributed by atoms with van der Waals surface area (Å²) < 4.78 is 0. The normalized spacial score (nSPS) is 11.5. The quantitative estimate of drug-likeness (QED) is 0.328. The van der Waals surface area contributed by atoms with E-state index in [1.54, 1.807) is 13.1 Å². The summed E-state index contributed by atoms with van der Waals surface area (Å²) in [6, 6.07) is 16.0. The minimum absolute atomic E-state index is 0.0840. The Kier molecular flexibility index (Phi) is 3.87. The third kappa shape index (κ3) is 2.88. The topological polar surface area (TPSA) is 103 Å². The molecule has 0 saturated carbocycles. The molecule has 0 aliphatic rings. The molecule has 5 heterocycles. The molecule has 1 aromatic carbocycles. The van der Waals surface area contributed by atoms with Crippen LogP contribution in [0.3, 0.4) is 0 Å². The highest BCUT2D eigenvalue weighted by atomic mass is 32.1. The Hall–Kier alpha value is -4.04. The summed E-state index contributed by atoms with van der Waals surface area (Å²) >= 11 is 1.51. The number of aromatic nitrogens is 6. The number of benzene rings is 1. The van der Waals surface area contributed by atoms with Crippen LogP contribution >= 0.6 is 11.3 Å². The molecular weight excluding hydrogens is 408 g/mol. The van der Waals surface area contributed by atoms with Crippen molar-refractivity contribution in [3.05, 3.63) is 65.8 Å². The fourth-order valence-electron chi connectivity index (χ4n) is 3.81. The number of carbonyl (C=O) groups excluding carboxylic acids is 1. The lowest BCUT2D eigenvalue weighted by Crippen LogP contribution is -1.84. The van der Waals surface area contributed by atoms with Crippen LogP contribution in [0.5, 0.6) is 0 Å². The van der Waals surface area contributed by atoms with Gasteiger partial charge in [-0.25, -0.2) is 4.98 Å². The number of thiophene rings is 1. The van der Waals surface area contributed by atoms with Crippen molar-refractivity contribution in [2.75, 3.05) is 0 Å². The van der Waals surface area contributed by atoms with Crippen LogP contribution in [0.25, 0.3) is 55.0 Å². The summed E-state index contributed by atoms with van der Waals surface area (Å²) in [5.41, 5.74) is 7.15. The summed E-state index contributed by atoms with van der Waals surface area (Å²) in [6.07, 6.45) is 3.57. The van der Waals surface area contributed by atoms with Gasteiger partial charge in [0.05, 0.1) is 28.0 Å². The molecule has 0 unspecified atom stereocenters. The summed E-state index contributed by atoms with van der Waals surface area (Å²) in [5.74, 6) is 0.0840. The Balaban J connectivity index is 1.50. The van der Waals surface area contributed by atoms with Gasteiger partial charge in [0.15, 0.2) is 5.78 Å². The Morgan fingerprint density at radius 3 is 2.81 bits per heavy atom. The Labute approximate surface area is 180 Å². The van der Waals surface area contributed by atoms with Crippen molar-refractivity contribution in [1.82, 2.24) is 30.4 Å². The first-order chi connectivity index (χ1) is 15.2. The Bertz CT molecular complexity index is 1570.